The van der Waals surface area contributed by atoms with Gasteiger partial charge in [0.15, 0.2) is 0 Å². The molecule has 20 heavy (non-hydrogen) atoms. The van der Waals surface area contributed by atoms with Gasteiger partial charge in [0.05, 0.1) is 16.0 Å². The Balaban J connectivity index is 2.21. The van der Waals surface area contributed by atoms with Gasteiger partial charge in [-0.15, -0.1) is 11.3 Å². The van der Waals surface area contributed by atoms with Crippen LogP contribution in [0.4, 0.5) is 11.5 Å². The largest absolute Gasteiger partial charge is 0.396 e. The maximum Gasteiger partial charge on any atom is 0.289 e. The van der Waals surface area contributed by atoms with Gasteiger partial charge in [0, 0.05) is 17.6 Å². The van der Waals surface area contributed by atoms with Crippen LogP contribution in [0.2, 0.25) is 5.02 Å². The van der Waals surface area contributed by atoms with Crippen LogP contribution in [-0.4, -0.2) is 21.6 Å². The molecule has 8 heteroatoms. The number of anilines is 1. The van der Waals surface area contributed by atoms with E-state index >= 15 is 0 Å². The molecular weight excluding hydrogens is 302 g/mol. The minimum atomic E-state index is -0.548. The van der Waals surface area contributed by atoms with Crippen molar-refractivity contribution in [1.82, 2.24) is 4.98 Å². The fourth-order valence-electron chi connectivity index (χ4n) is 1.70. The van der Waals surface area contributed by atoms with Crippen molar-refractivity contribution in [1.29, 1.82) is 0 Å². The highest BCUT2D eigenvalue weighted by Crippen LogP contribution is 2.30. The molecule has 2 aromatic rings. The fourth-order valence-corrected chi connectivity index (χ4v) is 2.73. The monoisotopic (exact) mass is 313 g/mol. The smallest absolute Gasteiger partial charge is 0.289 e. The van der Waals surface area contributed by atoms with Gasteiger partial charge in [-0.3, -0.25) is 10.1 Å². The zero-order chi connectivity index (χ0) is 14.5. The Morgan fingerprint density at radius 1 is 1.60 bits per heavy atom. The molecule has 0 aliphatic rings. The molecule has 1 unspecified atom stereocenters. The van der Waals surface area contributed by atoms with Gasteiger partial charge >= 0.3 is 0 Å². The second-order valence-corrected chi connectivity index (χ2v) is 5.39. The van der Waals surface area contributed by atoms with E-state index in [2.05, 4.69) is 10.3 Å². The van der Waals surface area contributed by atoms with Gasteiger partial charge in [-0.2, -0.15) is 0 Å². The van der Waals surface area contributed by atoms with Crippen LogP contribution in [0.15, 0.2) is 29.8 Å². The van der Waals surface area contributed by atoms with Crippen LogP contribution in [0.3, 0.4) is 0 Å². The first-order valence-corrected chi connectivity index (χ1v) is 7.08. The molecule has 2 heterocycles. The summed E-state index contributed by atoms with van der Waals surface area (Å²) in [6, 6.07) is 4.97. The molecule has 6 nitrogen and oxygen atoms in total. The Morgan fingerprint density at radius 3 is 2.95 bits per heavy atom. The number of hydrogen-bond acceptors (Lipinski definition) is 6. The van der Waals surface area contributed by atoms with Crippen LogP contribution in [0.1, 0.15) is 17.3 Å². The number of nitrogens with one attached hydrogen (secondary N) is 1. The van der Waals surface area contributed by atoms with Gasteiger partial charge in [-0.25, -0.2) is 4.98 Å². The molecule has 0 bridgehead atoms. The summed E-state index contributed by atoms with van der Waals surface area (Å²) in [5.74, 6) is 0.365. The minimum Gasteiger partial charge on any atom is -0.396 e. The molecule has 0 spiro atoms. The first kappa shape index (κ1) is 14.7. The molecule has 0 aromatic carbocycles. The molecule has 2 N–H and O–H groups in total. The third-order valence-corrected chi connectivity index (χ3v) is 3.93. The lowest BCUT2D eigenvalue weighted by atomic mass is 10.2. The van der Waals surface area contributed by atoms with Gasteiger partial charge in [-0.1, -0.05) is 17.7 Å². The van der Waals surface area contributed by atoms with Gasteiger partial charge < -0.3 is 10.4 Å². The molecular formula is C12H12ClN3O3S. The van der Waals surface area contributed by atoms with Crippen LogP contribution < -0.4 is 5.32 Å². The van der Waals surface area contributed by atoms with Crippen molar-refractivity contribution < 1.29 is 10.0 Å². The molecule has 2 rings (SSSR count). The molecule has 0 radical (unpaired) electrons. The van der Waals surface area contributed by atoms with Crippen LogP contribution in [-0.2, 0) is 0 Å². The Morgan fingerprint density at radius 2 is 2.40 bits per heavy atom. The highest BCUT2D eigenvalue weighted by atomic mass is 35.5. The molecule has 0 aliphatic carbocycles. The summed E-state index contributed by atoms with van der Waals surface area (Å²) in [4.78, 5) is 15.1. The van der Waals surface area contributed by atoms with Crippen molar-refractivity contribution in [2.45, 2.75) is 12.5 Å². The Labute approximate surface area is 124 Å². The van der Waals surface area contributed by atoms with Crippen molar-refractivity contribution in [3.63, 3.8) is 0 Å². The molecule has 106 valence electrons. The van der Waals surface area contributed by atoms with Crippen LogP contribution >= 0.6 is 22.9 Å². The minimum absolute atomic E-state index is 0.0141. The van der Waals surface area contributed by atoms with Gasteiger partial charge in [0.25, 0.3) is 5.69 Å². The van der Waals surface area contributed by atoms with E-state index < -0.39 is 4.92 Å². The molecule has 0 amide bonds. The Bertz CT molecular complexity index is 592. The predicted molar refractivity (Wildman–Crippen MR) is 78.3 cm³/mol. The number of aromatic nitrogens is 1. The van der Waals surface area contributed by atoms with Crippen molar-refractivity contribution in [2.75, 3.05) is 11.9 Å². The summed E-state index contributed by atoms with van der Waals surface area (Å²) in [5.41, 5.74) is -0.157. The first-order chi connectivity index (χ1) is 9.61. The number of hydrogen-bond donors (Lipinski definition) is 2. The lowest BCUT2D eigenvalue weighted by Gasteiger charge is -2.17. The topological polar surface area (TPSA) is 88.3 Å². The highest BCUT2D eigenvalue weighted by molar-refractivity contribution is 7.10. The standard InChI is InChI=1S/C12H12ClN3O3S/c13-9-6-8(16(18)19)7-14-12(9)15-10(3-4-17)11-2-1-5-20-11/h1-2,5-7,10,17H,3-4H2,(H,14,15). The molecule has 0 aliphatic heterocycles. The number of rotatable bonds is 6. The van der Waals surface area contributed by atoms with Crippen molar-refractivity contribution >= 4 is 34.4 Å². The molecule has 0 saturated carbocycles. The van der Waals surface area contributed by atoms with Crippen molar-refractivity contribution in [3.05, 3.63) is 49.8 Å². The van der Waals surface area contributed by atoms with Crippen LogP contribution in [0.5, 0.6) is 0 Å². The van der Waals surface area contributed by atoms with E-state index in [-0.39, 0.29) is 23.4 Å². The summed E-state index contributed by atoms with van der Waals surface area (Å²) in [6.45, 7) is 0.0141. The number of thiophene rings is 1. The summed E-state index contributed by atoms with van der Waals surface area (Å²) >= 11 is 7.54. The number of nitrogens with zero attached hydrogens (tertiary/aromatic N) is 2. The third kappa shape index (κ3) is 3.44. The molecule has 2 aromatic heterocycles. The summed E-state index contributed by atoms with van der Waals surface area (Å²) in [6.07, 6.45) is 1.65. The number of aliphatic hydroxyl groups is 1. The highest BCUT2D eigenvalue weighted by Gasteiger charge is 2.16. The number of halogens is 1. The van der Waals surface area contributed by atoms with Crippen LogP contribution in [0.25, 0.3) is 0 Å². The third-order valence-electron chi connectivity index (χ3n) is 2.65. The van der Waals surface area contributed by atoms with E-state index in [1.807, 2.05) is 17.5 Å². The van der Waals surface area contributed by atoms with E-state index in [0.717, 1.165) is 11.1 Å². The van der Waals surface area contributed by atoms with Crippen LogP contribution in [0, 0.1) is 10.1 Å². The molecule has 1 atom stereocenters. The Hall–Kier alpha value is -1.70. The summed E-state index contributed by atoms with van der Waals surface area (Å²) in [7, 11) is 0. The maximum absolute atomic E-state index is 10.6. The summed E-state index contributed by atoms with van der Waals surface area (Å²) < 4.78 is 0. The maximum atomic E-state index is 10.6. The number of nitro groups is 1. The van der Waals surface area contributed by atoms with E-state index in [1.54, 1.807) is 11.3 Å². The fraction of sp³-hybridized carbons (Fsp3) is 0.250. The normalized spacial score (nSPS) is 12.1. The SMILES string of the molecule is O=[N+]([O-])c1cnc(NC(CCO)c2cccs2)c(Cl)c1. The number of aliphatic hydroxyl groups excluding tert-OH is 1. The molecule has 0 fully saturated rings. The molecule has 0 saturated heterocycles. The van der Waals surface area contributed by atoms with E-state index in [9.17, 15) is 10.1 Å². The average Bonchev–Trinajstić information content (AvgIpc) is 2.94. The second-order valence-electron chi connectivity index (χ2n) is 4.01. The Kier molecular flexibility index (Phi) is 4.89. The summed E-state index contributed by atoms with van der Waals surface area (Å²) in [5, 5.41) is 25.0. The van der Waals surface area contributed by atoms with E-state index in [0.29, 0.717) is 12.2 Å². The van der Waals surface area contributed by atoms with Crippen molar-refractivity contribution in [3.8, 4) is 0 Å². The van der Waals surface area contributed by atoms with Gasteiger partial charge in [0.1, 0.15) is 12.0 Å². The quantitative estimate of drug-likeness (QED) is 0.631. The lowest BCUT2D eigenvalue weighted by molar-refractivity contribution is -0.385. The van der Waals surface area contributed by atoms with Crippen molar-refractivity contribution in [2.24, 2.45) is 0 Å². The van der Waals surface area contributed by atoms with Gasteiger partial charge in [-0.05, 0) is 17.9 Å². The second kappa shape index (κ2) is 6.65. The zero-order valence-corrected chi connectivity index (χ0v) is 11.9. The zero-order valence-electron chi connectivity index (χ0n) is 10.3. The lowest BCUT2D eigenvalue weighted by Crippen LogP contribution is -2.12. The first-order valence-electron chi connectivity index (χ1n) is 5.82. The van der Waals surface area contributed by atoms with E-state index in [1.165, 1.54) is 6.07 Å². The predicted octanol–water partition coefficient (Wildman–Crippen LogP) is 3.24. The number of pyridine rings is 1. The average molecular weight is 314 g/mol. The van der Waals surface area contributed by atoms with Gasteiger partial charge in [0.2, 0.25) is 0 Å². The van der Waals surface area contributed by atoms with E-state index in [4.69, 9.17) is 16.7 Å².